The van der Waals surface area contributed by atoms with Crippen molar-refractivity contribution in [2.45, 2.75) is 97.4 Å². The van der Waals surface area contributed by atoms with E-state index in [0.29, 0.717) is 23.9 Å². The maximum absolute atomic E-state index is 12.2. The van der Waals surface area contributed by atoms with E-state index in [1.807, 2.05) is 12.2 Å². The first-order chi connectivity index (χ1) is 13.7. The van der Waals surface area contributed by atoms with Gasteiger partial charge in [-0.15, -0.1) is 0 Å². The van der Waals surface area contributed by atoms with E-state index in [4.69, 9.17) is 8.85 Å². The average molecular weight is 447 g/mol. The lowest BCUT2D eigenvalue weighted by Gasteiger charge is -2.60. The van der Waals surface area contributed by atoms with E-state index in [0.717, 1.165) is 6.42 Å². The molecule has 0 amide bonds. The van der Waals surface area contributed by atoms with Crippen LogP contribution in [0.3, 0.4) is 0 Å². The van der Waals surface area contributed by atoms with Crippen LogP contribution in [0.5, 0.6) is 0 Å². The van der Waals surface area contributed by atoms with Gasteiger partial charge in [-0.05, 0) is 107 Å². The summed E-state index contributed by atoms with van der Waals surface area (Å²) >= 11 is 0. The Kier molecular flexibility index (Phi) is 5.49. The molecule has 4 rings (SSSR count). The van der Waals surface area contributed by atoms with Gasteiger partial charge in [0.25, 0.3) is 0 Å². The van der Waals surface area contributed by atoms with Crippen LogP contribution in [0, 0.1) is 28.6 Å². The third kappa shape index (κ3) is 3.89. The number of rotatable bonds is 4. The largest absolute Gasteiger partial charge is 0.414 e. The van der Waals surface area contributed by atoms with Crippen LogP contribution >= 0.6 is 0 Å². The normalized spacial score (nSPS) is 43.7. The monoisotopic (exact) mass is 446 g/mol. The van der Waals surface area contributed by atoms with Crippen molar-refractivity contribution in [1.29, 1.82) is 0 Å². The Labute approximate surface area is 185 Å². The molecule has 7 atom stereocenters. The van der Waals surface area contributed by atoms with Gasteiger partial charge in [0.2, 0.25) is 0 Å². The second kappa shape index (κ2) is 7.26. The minimum absolute atomic E-state index is 0.0108. The van der Waals surface area contributed by atoms with E-state index in [1.54, 1.807) is 0 Å². The van der Waals surface area contributed by atoms with Gasteiger partial charge in [-0.2, -0.15) is 0 Å². The van der Waals surface area contributed by atoms with Crippen LogP contribution < -0.4 is 0 Å². The summed E-state index contributed by atoms with van der Waals surface area (Å²) in [5, 5.41) is 0. The zero-order chi connectivity index (χ0) is 22.1. The fourth-order valence-electron chi connectivity index (χ4n) is 7.29. The molecule has 30 heavy (non-hydrogen) atoms. The molecule has 0 bridgehead atoms. The number of carbonyl (C=O) groups excluding carboxylic acids is 1. The fraction of sp³-hybridized carbons (Fsp3) is 0.800. The van der Waals surface area contributed by atoms with Crippen LogP contribution in [0.1, 0.15) is 46.0 Å². The van der Waals surface area contributed by atoms with Crippen LogP contribution in [-0.2, 0) is 13.6 Å². The lowest BCUT2D eigenvalue weighted by atomic mass is 9.47. The molecule has 0 aliphatic heterocycles. The van der Waals surface area contributed by atoms with Crippen molar-refractivity contribution in [3.8, 4) is 0 Å². The van der Waals surface area contributed by atoms with Gasteiger partial charge in [0.15, 0.2) is 22.4 Å². The number of fused-ring (bicyclic) bond motifs is 5. The van der Waals surface area contributed by atoms with Crippen LogP contribution in [0.2, 0.25) is 39.3 Å². The predicted octanol–water partition coefficient (Wildman–Crippen LogP) is 6.34. The van der Waals surface area contributed by atoms with Gasteiger partial charge >= 0.3 is 0 Å². The molecule has 0 spiro atoms. The van der Waals surface area contributed by atoms with Gasteiger partial charge in [0, 0.05) is 5.41 Å². The Hall–Kier alpha value is -0.496. The number of hydrogen-bond acceptors (Lipinski definition) is 3. The van der Waals surface area contributed by atoms with Gasteiger partial charge in [-0.1, -0.05) is 25.5 Å². The molecule has 0 aromatic rings. The number of hydrogen-bond donors (Lipinski definition) is 0. The van der Waals surface area contributed by atoms with Crippen molar-refractivity contribution >= 4 is 22.4 Å². The summed E-state index contributed by atoms with van der Waals surface area (Å²) in [7, 11) is -3.27. The highest BCUT2D eigenvalue weighted by molar-refractivity contribution is 6.70. The summed E-state index contributed by atoms with van der Waals surface area (Å²) in [5.41, 5.74) is 1.58. The molecular weight excluding hydrogens is 404 g/mol. The Morgan fingerprint density at radius 2 is 1.60 bits per heavy atom. The molecule has 0 aromatic carbocycles. The Morgan fingerprint density at radius 3 is 2.23 bits per heavy atom. The summed E-state index contributed by atoms with van der Waals surface area (Å²) in [6, 6.07) is 0. The van der Waals surface area contributed by atoms with E-state index in [-0.39, 0.29) is 22.7 Å². The standard InChI is InChI=1S/C25H42O3Si2/c1-24-13-11-18(26)15-17(24)16-21(27-29(3,4)5)23-19-9-10-22(28-30(6,7)8)25(19,2)14-12-20(23)24/h11,13,15,19-23H,9-10,12,14,16H2,1-8H3/t19-,20+,21?,22?,23-,24-,25-/m0/s1. The van der Waals surface area contributed by atoms with Crippen molar-refractivity contribution < 1.29 is 13.6 Å². The van der Waals surface area contributed by atoms with Crippen LogP contribution in [0.25, 0.3) is 0 Å². The van der Waals surface area contributed by atoms with Crippen molar-refractivity contribution in [2.24, 2.45) is 28.6 Å². The first kappa shape index (κ1) is 22.7. The fourth-order valence-corrected chi connectivity index (χ4v) is 9.68. The molecular formula is C25H42O3Si2. The molecule has 168 valence electrons. The minimum Gasteiger partial charge on any atom is -0.414 e. The molecule has 0 heterocycles. The molecule has 3 saturated carbocycles. The van der Waals surface area contributed by atoms with Crippen molar-refractivity contribution in [3.05, 3.63) is 23.8 Å². The summed E-state index contributed by atoms with van der Waals surface area (Å²) in [6.45, 7) is 18.8. The molecule has 0 saturated heterocycles. The van der Waals surface area contributed by atoms with Crippen LogP contribution in [0.15, 0.2) is 23.8 Å². The van der Waals surface area contributed by atoms with E-state index in [1.165, 1.54) is 31.3 Å². The first-order valence-electron chi connectivity index (χ1n) is 12.0. The number of carbonyl (C=O) groups is 1. The topological polar surface area (TPSA) is 35.5 Å². The Balaban J connectivity index is 1.72. The third-order valence-corrected chi connectivity index (χ3v) is 10.5. The summed E-state index contributed by atoms with van der Waals surface area (Å²) < 4.78 is 13.7. The van der Waals surface area contributed by atoms with Gasteiger partial charge in [0.1, 0.15) is 0 Å². The molecule has 0 radical (unpaired) electrons. The van der Waals surface area contributed by atoms with E-state index in [2.05, 4.69) is 59.2 Å². The smallest absolute Gasteiger partial charge is 0.184 e. The highest BCUT2D eigenvalue weighted by atomic mass is 28.4. The molecule has 0 aromatic heterocycles. The lowest BCUT2D eigenvalue weighted by molar-refractivity contribution is -0.112. The molecule has 5 heteroatoms. The van der Waals surface area contributed by atoms with Crippen molar-refractivity contribution in [2.75, 3.05) is 0 Å². The molecule has 4 aliphatic carbocycles. The van der Waals surface area contributed by atoms with E-state index in [9.17, 15) is 4.79 Å². The summed E-state index contributed by atoms with van der Waals surface area (Å²) in [5.74, 6) is 1.93. The molecule has 0 N–H and O–H groups in total. The van der Waals surface area contributed by atoms with Gasteiger partial charge in [0.05, 0.1) is 12.2 Å². The maximum atomic E-state index is 12.2. The van der Waals surface area contributed by atoms with Gasteiger partial charge in [-0.3, -0.25) is 4.79 Å². The van der Waals surface area contributed by atoms with Gasteiger partial charge < -0.3 is 8.85 Å². The predicted molar refractivity (Wildman–Crippen MR) is 128 cm³/mol. The summed E-state index contributed by atoms with van der Waals surface area (Å²) in [4.78, 5) is 12.2. The van der Waals surface area contributed by atoms with Crippen molar-refractivity contribution in [1.82, 2.24) is 0 Å². The molecule has 4 aliphatic rings. The first-order valence-corrected chi connectivity index (χ1v) is 18.8. The highest BCUT2D eigenvalue weighted by Crippen LogP contribution is 2.65. The summed E-state index contributed by atoms with van der Waals surface area (Å²) in [6.07, 6.45) is 12.4. The maximum Gasteiger partial charge on any atom is 0.184 e. The Morgan fingerprint density at radius 1 is 0.933 bits per heavy atom. The van der Waals surface area contributed by atoms with E-state index < -0.39 is 16.6 Å². The number of allylic oxidation sites excluding steroid dienone is 3. The zero-order valence-corrected chi connectivity index (χ0v) is 22.4. The third-order valence-electron chi connectivity index (χ3n) is 8.47. The van der Waals surface area contributed by atoms with Crippen molar-refractivity contribution in [3.63, 3.8) is 0 Å². The minimum atomic E-state index is -1.70. The number of ketones is 1. The van der Waals surface area contributed by atoms with Crippen LogP contribution in [-0.4, -0.2) is 34.6 Å². The van der Waals surface area contributed by atoms with Gasteiger partial charge in [-0.25, -0.2) is 0 Å². The second-order valence-corrected chi connectivity index (χ2v) is 21.7. The molecule has 2 unspecified atom stereocenters. The van der Waals surface area contributed by atoms with E-state index >= 15 is 0 Å². The Bertz CT molecular complexity index is 774. The highest BCUT2D eigenvalue weighted by Gasteiger charge is 2.62. The second-order valence-electron chi connectivity index (χ2n) is 12.8. The van der Waals surface area contributed by atoms with Crippen LogP contribution in [0.4, 0.5) is 0 Å². The molecule has 3 nitrogen and oxygen atoms in total. The zero-order valence-electron chi connectivity index (χ0n) is 20.4. The average Bonchev–Trinajstić information content (AvgIpc) is 2.90. The lowest BCUT2D eigenvalue weighted by Crippen LogP contribution is -2.57. The quantitative estimate of drug-likeness (QED) is 0.472. The SMILES string of the molecule is C[C@]12C=CC(=O)C=C1CC(O[Si](C)(C)C)[C@@H]1[C@H]2CC[C@]2(C)C(O[Si](C)(C)C)CC[C@@H]12. The molecule has 3 fully saturated rings.